The van der Waals surface area contributed by atoms with Gasteiger partial charge in [-0.2, -0.15) is 0 Å². The summed E-state index contributed by atoms with van der Waals surface area (Å²) in [7, 11) is 1.88. The van der Waals surface area contributed by atoms with Crippen molar-refractivity contribution in [1.29, 1.82) is 0 Å². The van der Waals surface area contributed by atoms with Gasteiger partial charge in [0.1, 0.15) is 12.4 Å². The van der Waals surface area contributed by atoms with Crippen LogP contribution in [0.15, 0.2) is 29.4 Å². The number of carbonyl (C=O) groups is 1. The number of ether oxygens (including phenoxy) is 1. The number of amides is 1. The van der Waals surface area contributed by atoms with E-state index >= 15 is 0 Å². The Morgan fingerprint density at radius 1 is 1.30 bits per heavy atom. The van der Waals surface area contributed by atoms with E-state index in [1.807, 2.05) is 30.7 Å². The lowest BCUT2D eigenvalue weighted by molar-refractivity contribution is -0.121. The molecule has 1 aromatic heterocycles. The van der Waals surface area contributed by atoms with Gasteiger partial charge >= 0.3 is 0 Å². The summed E-state index contributed by atoms with van der Waals surface area (Å²) in [6.45, 7) is 2.20. The molecule has 27 heavy (non-hydrogen) atoms. The van der Waals surface area contributed by atoms with Crippen LogP contribution in [-0.2, 0) is 18.4 Å². The van der Waals surface area contributed by atoms with E-state index in [4.69, 9.17) is 16.3 Å². The van der Waals surface area contributed by atoms with Gasteiger partial charge in [-0.1, -0.05) is 42.6 Å². The molecule has 6 nitrogen and oxygen atoms in total. The summed E-state index contributed by atoms with van der Waals surface area (Å²) in [6, 6.07) is 7.50. The largest absolute Gasteiger partial charge is 0.486 e. The van der Waals surface area contributed by atoms with Gasteiger partial charge in [0.2, 0.25) is 5.91 Å². The molecule has 1 N–H and O–H groups in total. The third kappa shape index (κ3) is 5.62. The molecule has 1 fully saturated rings. The Kier molecular flexibility index (Phi) is 7.01. The molecule has 0 saturated heterocycles. The average Bonchev–Trinajstić information content (AvgIpc) is 3.02. The van der Waals surface area contributed by atoms with Crippen LogP contribution in [0.4, 0.5) is 0 Å². The Bertz CT molecular complexity index is 760. The minimum atomic E-state index is -0.222. The third-order valence-electron chi connectivity index (χ3n) is 4.71. The van der Waals surface area contributed by atoms with Gasteiger partial charge < -0.3 is 14.6 Å². The Balaban J connectivity index is 1.52. The lowest BCUT2D eigenvalue weighted by atomic mass is 9.95. The molecule has 1 unspecified atom stereocenters. The van der Waals surface area contributed by atoms with Gasteiger partial charge in [0, 0.05) is 18.1 Å². The van der Waals surface area contributed by atoms with Gasteiger partial charge in [0.05, 0.1) is 5.25 Å². The maximum atomic E-state index is 12.4. The van der Waals surface area contributed by atoms with E-state index in [0.717, 1.165) is 18.6 Å². The topological polar surface area (TPSA) is 69.0 Å². The zero-order valence-electron chi connectivity index (χ0n) is 15.7. The molecule has 8 heteroatoms. The molecule has 0 spiro atoms. The van der Waals surface area contributed by atoms with Crippen LogP contribution in [0.25, 0.3) is 0 Å². The number of nitrogens with zero attached hydrogens (tertiary/aromatic N) is 3. The molecule has 2 aromatic rings. The SMILES string of the molecule is CC(Sc1nnc(COc2ccc(Cl)cc2)n1C)C(=O)NC1CCCCC1. The number of hydrogen-bond acceptors (Lipinski definition) is 5. The number of benzene rings is 1. The fourth-order valence-corrected chi connectivity index (χ4v) is 4.00. The number of thioether (sulfide) groups is 1. The summed E-state index contributed by atoms with van der Waals surface area (Å²) >= 11 is 7.29. The highest BCUT2D eigenvalue weighted by molar-refractivity contribution is 8.00. The van der Waals surface area contributed by atoms with Crippen LogP contribution in [0.5, 0.6) is 5.75 Å². The monoisotopic (exact) mass is 408 g/mol. The number of rotatable bonds is 7. The third-order valence-corrected chi connectivity index (χ3v) is 6.10. The normalized spacial score (nSPS) is 16.1. The molecule has 1 atom stereocenters. The van der Waals surface area contributed by atoms with Crippen LogP contribution < -0.4 is 10.1 Å². The van der Waals surface area contributed by atoms with Crippen molar-refractivity contribution in [3.63, 3.8) is 0 Å². The lowest BCUT2D eigenvalue weighted by Gasteiger charge is -2.24. The van der Waals surface area contributed by atoms with E-state index < -0.39 is 0 Å². The summed E-state index contributed by atoms with van der Waals surface area (Å²) in [5.74, 6) is 1.48. The maximum absolute atomic E-state index is 12.4. The van der Waals surface area contributed by atoms with Crippen molar-refractivity contribution >= 4 is 29.3 Å². The number of carbonyl (C=O) groups excluding carboxylic acids is 1. The molecule has 146 valence electrons. The van der Waals surface area contributed by atoms with Crippen LogP contribution in [0.1, 0.15) is 44.9 Å². The highest BCUT2D eigenvalue weighted by atomic mass is 35.5. The van der Waals surface area contributed by atoms with Crippen LogP contribution in [0, 0.1) is 0 Å². The van der Waals surface area contributed by atoms with Crippen molar-refractivity contribution in [2.24, 2.45) is 7.05 Å². The lowest BCUT2D eigenvalue weighted by Crippen LogP contribution is -2.40. The number of halogens is 1. The molecule has 1 aliphatic carbocycles. The second-order valence-corrected chi connectivity index (χ2v) is 8.55. The van der Waals surface area contributed by atoms with Crippen molar-refractivity contribution in [2.75, 3.05) is 0 Å². The minimum Gasteiger partial charge on any atom is -0.486 e. The molecule has 1 heterocycles. The molecular formula is C19H25ClN4O2S. The predicted molar refractivity (Wildman–Crippen MR) is 107 cm³/mol. The predicted octanol–water partition coefficient (Wildman–Crippen LogP) is 3.98. The molecule has 1 saturated carbocycles. The van der Waals surface area contributed by atoms with E-state index in [9.17, 15) is 4.79 Å². The van der Waals surface area contributed by atoms with Crippen molar-refractivity contribution in [2.45, 2.75) is 62.1 Å². The molecular weight excluding hydrogens is 384 g/mol. The van der Waals surface area contributed by atoms with Crippen LogP contribution in [-0.4, -0.2) is 32.0 Å². The zero-order chi connectivity index (χ0) is 19.2. The van der Waals surface area contributed by atoms with Crippen molar-refractivity contribution in [1.82, 2.24) is 20.1 Å². The second kappa shape index (κ2) is 9.46. The van der Waals surface area contributed by atoms with Gasteiger partial charge in [-0.15, -0.1) is 10.2 Å². The first-order valence-corrected chi connectivity index (χ1v) is 10.5. The van der Waals surface area contributed by atoms with Gasteiger partial charge in [0.15, 0.2) is 11.0 Å². The Hall–Kier alpha value is -1.73. The molecule has 1 aliphatic rings. The van der Waals surface area contributed by atoms with Crippen LogP contribution in [0.3, 0.4) is 0 Å². The summed E-state index contributed by atoms with van der Waals surface area (Å²) in [5, 5.41) is 12.7. The average molecular weight is 409 g/mol. The van der Waals surface area contributed by atoms with E-state index in [-0.39, 0.29) is 11.2 Å². The first-order chi connectivity index (χ1) is 13.0. The number of hydrogen-bond donors (Lipinski definition) is 1. The first-order valence-electron chi connectivity index (χ1n) is 9.26. The van der Waals surface area contributed by atoms with Gasteiger partial charge in [0.25, 0.3) is 0 Å². The van der Waals surface area contributed by atoms with Crippen LogP contribution >= 0.6 is 23.4 Å². The summed E-state index contributed by atoms with van der Waals surface area (Å²) in [6.07, 6.45) is 5.84. The van der Waals surface area contributed by atoms with E-state index in [2.05, 4.69) is 15.5 Å². The smallest absolute Gasteiger partial charge is 0.233 e. The summed E-state index contributed by atoms with van der Waals surface area (Å²) in [5.41, 5.74) is 0. The maximum Gasteiger partial charge on any atom is 0.233 e. The highest BCUT2D eigenvalue weighted by Gasteiger charge is 2.22. The fourth-order valence-electron chi connectivity index (χ4n) is 3.03. The van der Waals surface area contributed by atoms with Crippen molar-refractivity contribution < 1.29 is 9.53 Å². The van der Waals surface area contributed by atoms with Crippen molar-refractivity contribution in [3.8, 4) is 5.75 Å². The van der Waals surface area contributed by atoms with Gasteiger partial charge in [-0.05, 0) is 44.0 Å². The number of aromatic nitrogens is 3. The standard InChI is InChI=1S/C19H25ClN4O2S/c1-13(18(25)21-15-6-4-3-5-7-15)27-19-23-22-17(24(19)2)12-26-16-10-8-14(20)9-11-16/h8-11,13,15H,3-7,12H2,1-2H3,(H,21,25). The molecule has 0 bridgehead atoms. The zero-order valence-corrected chi connectivity index (χ0v) is 17.2. The van der Waals surface area contributed by atoms with Gasteiger partial charge in [-0.3, -0.25) is 4.79 Å². The Morgan fingerprint density at radius 3 is 2.70 bits per heavy atom. The molecule has 0 radical (unpaired) electrons. The first kappa shape index (κ1) is 20.0. The van der Waals surface area contributed by atoms with Gasteiger partial charge in [-0.25, -0.2) is 0 Å². The molecule has 1 aromatic carbocycles. The van der Waals surface area contributed by atoms with Crippen molar-refractivity contribution in [3.05, 3.63) is 35.1 Å². The molecule has 1 amide bonds. The highest BCUT2D eigenvalue weighted by Crippen LogP contribution is 2.24. The van der Waals surface area contributed by atoms with E-state index in [1.54, 1.807) is 12.1 Å². The van der Waals surface area contributed by atoms with Crippen LogP contribution in [0.2, 0.25) is 5.02 Å². The summed E-state index contributed by atoms with van der Waals surface area (Å²) in [4.78, 5) is 12.4. The minimum absolute atomic E-state index is 0.0638. The molecule has 3 rings (SSSR count). The van der Waals surface area contributed by atoms with E-state index in [0.29, 0.717) is 28.7 Å². The second-order valence-electron chi connectivity index (χ2n) is 6.80. The molecule has 0 aliphatic heterocycles. The number of nitrogens with one attached hydrogen (secondary N) is 1. The fraction of sp³-hybridized carbons (Fsp3) is 0.526. The Morgan fingerprint density at radius 2 is 2.00 bits per heavy atom. The quantitative estimate of drug-likeness (QED) is 0.702. The summed E-state index contributed by atoms with van der Waals surface area (Å²) < 4.78 is 7.59. The van der Waals surface area contributed by atoms with E-state index in [1.165, 1.54) is 31.0 Å². The Labute approximate surface area is 169 Å².